The van der Waals surface area contributed by atoms with Gasteiger partial charge in [-0.25, -0.2) is 13.2 Å². The molecular formula is C13H14N2O5S. The van der Waals surface area contributed by atoms with Crippen molar-refractivity contribution in [3.63, 3.8) is 0 Å². The van der Waals surface area contributed by atoms with Crippen molar-refractivity contribution in [3.8, 4) is 17.0 Å². The van der Waals surface area contributed by atoms with E-state index >= 15 is 0 Å². The number of carbonyl (C=O) groups is 1. The number of methoxy groups -OCH3 is 1. The number of hydrogen-bond acceptors (Lipinski definition) is 5. The van der Waals surface area contributed by atoms with Crippen LogP contribution in [0.3, 0.4) is 0 Å². The topological polar surface area (TPSA) is 98.5 Å². The molecule has 0 spiro atoms. The summed E-state index contributed by atoms with van der Waals surface area (Å²) in [6.45, 7) is 0. The molecule has 0 saturated heterocycles. The van der Waals surface area contributed by atoms with Gasteiger partial charge < -0.3 is 9.84 Å². The lowest BCUT2D eigenvalue weighted by Gasteiger charge is -2.09. The first-order valence-corrected chi connectivity index (χ1v) is 7.79. The number of aromatic carboxylic acids is 1. The van der Waals surface area contributed by atoms with Crippen LogP contribution in [0, 0.1) is 0 Å². The smallest absolute Gasteiger partial charge is 0.356 e. The van der Waals surface area contributed by atoms with E-state index in [2.05, 4.69) is 5.10 Å². The van der Waals surface area contributed by atoms with Gasteiger partial charge in [-0.1, -0.05) is 6.07 Å². The van der Waals surface area contributed by atoms with E-state index in [9.17, 15) is 13.2 Å². The van der Waals surface area contributed by atoms with Crippen LogP contribution in [0.15, 0.2) is 29.2 Å². The summed E-state index contributed by atoms with van der Waals surface area (Å²) in [6.07, 6.45) is 1.09. The second-order valence-electron chi connectivity index (χ2n) is 4.48. The summed E-state index contributed by atoms with van der Waals surface area (Å²) < 4.78 is 29.8. The molecule has 21 heavy (non-hydrogen) atoms. The fraction of sp³-hybridized carbons (Fsp3) is 0.231. The highest BCUT2D eigenvalue weighted by Gasteiger charge is 2.17. The molecule has 112 valence electrons. The van der Waals surface area contributed by atoms with Gasteiger partial charge in [0.2, 0.25) is 0 Å². The number of ether oxygens (including phenoxy) is 1. The van der Waals surface area contributed by atoms with Crippen LogP contribution in [0.1, 0.15) is 10.5 Å². The van der Waals surface area contributed by atoms with E-state index in [1.165, 1.54) is 23.9 Å². The zero-order valence-corrected chi connectivity index (χ0v) is 12.5. The van der Waals surface area contributed by atoms with E-state index < -0.39 is 15.8 Å². The van der Waals surface area contributed by atoms with E-state index in [-0.39, 0.29) is 16.3 Å². The van der Waals surface area contributed by atoms with Crippen LogP contribution in [-0.4, -0.2) is 42.6 Å². The molecule has 1 heterocycles. The minimum absolute atomic E-state index is 0.0781. The molecule has 0 radical (unpaired) electrons. The molecule has 2 aromatic rings. The van der Waals surface area contributed by atoms with Gasteiger partial charge in [0.25, 0.3) is 0 Å². The van der Waals surface area contributed by atoms with Crippen LogP contribution in [0.5, 0.6) is 5.75 Å². The molecule has 0 aliphatic rings. The van der Waals surface area contributed by atoms with Crippen LogP contribution < -0.4 is 4.74 Å². The maximum Gasteiger partial charge on any atom is 0.356 e. The third-order valence-corrected chi connectivity index (χ3v) is 4.09. The quantitative estimate of drug-likeness (QED) is 0.911. The Morgan fingerprint density at radius 3 is 2.48 bits per heavy atom. The van der Waals surface area contributed by atoms with Crippen LogP contribution in [-0.2, 0) is 16.9 Å². The number of aryl methyl sites for hydroxylation is 1. The molecule has 0 bridgehead atoms. The first-order chi connectivity index (χ1) is 9.74. The minimum Gasteiger partial charge on any atom is -0.495 e. The number of carboxylic acids is 1. The van der Waals surface area contributed by atoms with Crippen molar-refractivity contribution in [2.24, 2.45) is 7.05 Å². The van der Waals surface area contributed by atoms with Gasteiger partial charge in [-0.15, -0.1) is 0 Å². The summed E-state index contributed by atoms with van der Waals surface area (Å²) in [5, 5.41) is 12.8. The van der Waals surface area contributed by atoms with Crippen LogP contribution in [0.2, 0.25) is 0 Å². The SMILES string of the molecule is COc1cc(-c2cc(C(=O)O)nn2C)ccc1S(C)(=O)=O. The Balaban J connectivity index is 2.59. The molecule has 0 unspecified atom stereocenters. The van der Waals surface area contributed by atoms with Gasteiger partial charge in [-0.05, 0) is 18.2 Å². The van der Waals surface area contributed by atoms with E-state index in [0.717, 1.165) is 6.26 Å². The summed E-state index contributed by atoms with van der Waals surface area (Å²) in [5.74, 6) is -0.926. The molecule has 0 aliphatic carbocycles. The largest absolute Gasteiger partial charge is 0.495 e. The Labute approximate surface area is 121 Å². The van der Waals surface area contributed by atoms with E-state index in [1.807, 2.05) is 0 Å². The van der Waals surface area contributed by atoms with Gasteiger partial charge in [0.05, 0.1) is 12.8 Å². The predicted molar refractivity (Wildman–Crippen MR) is 75.3 cm³/mol. The molecule has 1 N–H and O–H groups in total. The number of carboxylic acid groups (broad SMARTS) is 1. The zero-order valence-electron chi connectivity index (χ0n) is 11.7. The van der Waals surface area contributed by atoms with Gasteiger partial charge in [0.1, 0.15) is 10.6 Å². The van der Waals surface area contributed by atoms with Gasteiger partial charge in [-0.3, -0.25) is 4.68 Å². The molecule has 1 aromatic heterocycles. The molecule has 2 rings (SSSR count). The Morgan fingerprint density at radius 2 is 2.00 bits per heavy atom. The third-order valence-electron chi connectivity index (χ3n) is 2.96. The first-order valence-electron chi connectivity index (χ1n) is 5.90. The lowest BCUT2D eigenvalue weighted by atomic mass is 10.1. The molecule has 0 fully saturated rings. The minimum atomic E-state index is -3.40. The number of nitrogens with zero attached hydrogens (tertiary/aromatic N) is 2. The highest BCUT2D eigenvalue weighted by Crippen LogP contribution is 2.30. The van der Waals surface area contributed by atoms with Gasteiger partial charge >= 0.3 is 5.97 Å². The first kappa shape index (κ1) is 15.0. The van der Waals surface area contributed by atoms with Crippen molar-refractivity contribution in [2.45, 2.75) is 4.90 Å². The molecule has 1 aromatic carbocycles. The molecule has 0 amide bonds. The van der Waals surface area contributed by atoms with Crippen LogP contribution in [0.4, 0.5) is 0 Å². The fourth-order valence-corrected chi connectivity index (χ4v) is 2.80. The molecular weight excluding hydrogens is 296 g/mol. The molecule has 7 nitrogen and oxygen atoms in total. The lowest BCUT2D eigenvalue weighted by Crippen LogP contribution is -2.02. The molecule has 0 saturated carbocycles. The summed E-state index contributed by atoms with van der Waals surface area (Å²) >= 11 is 0. The summed E-state index contributed by atoms with van der Waals surface area (Å²) in [6, 6.07) is 5.97. The standard InChI is InChI=1S/C13H14N2O5S/c1-15-10(7-9(14-15)13(16)17)8-4-5-12(21(3,18)19)11(6-8)20-2/h4-7H,1-3H3,(H,16,17). The van der Waals surface area contributed by atoms with Crippen molar-refractivity contribution in [1.82, 2.24) is 9.78 Å². The third kappa shape index (κ3) is 2.89. The van der Waals surface area contributed by atoms with Crippen LogP contribution in [0.25, 0.3) is 11.3 Å². The maximum absolute atomic E-state index is 11.6. The van der Waals surface area contributed by atoms with Gasteiger partial charge in [0, 0.05) is 18.9 Å². The van der Waals surface area contributed by atoms with Crippen molar-refractivity contribution in [2.75, 3.05) is 13.4 Å². The Morgan fingerprint density at radius 1 is 1.33 bits per heavy atom. The van der Waals surface area contributed by atoms with Crippen molar-refractivity contribution in [1.29, 1.82) is 0 Å². The average molecular weight is 310 g/mol. The number of rotatable bonds is 4. The summed E-state index contributed by atoms with van der Waals surface area (Å²) in [5.41, 5.74) is 1.08. The molecule has 0 atom stereocenters. The van der Waals surface area contributed by atoms with Crippen molar-refractivity contribution >= 4 is 15.8 Å². The van der Waals surface area contributed by atoms with Crippen molar-refractivity contribution in [3.05, 3.63) is 30.0 Å². The maximum atomic E-state index is 11.6. The zero-order chi connectivity index (χ0) is 15.8. The molecule has 8 heteroatoms. The normalized spacial score (nSPS) is 11.4. The second kappa shape index (κ2) is 5.21. The van der Waals surface area contributed by atoms with Crippen molar-refractivity contribution < 1.29 is 23.1 Å². The Kier molecular flexibility index (Phi) is 3.73. The second-order valence-corrected chi connectivity index (χ2v) is 6.47. The monoisotopic (exact) mass is 310 g/mol. The summed E-state index contributed by atoms with van der Waals surface area (Å²) in [4.78, 5) is 11.0. The van der Waals surface area contributed by atoms with E-state index in [4.69, 9.17) is 9.84 Å². The number of aromatic nitrogens is 2. The van der Waals surface area contributed by atoms with Crippen LogP contribution >= 0.6 is 0 Å². The fourth-order valence-electron chi connectivity index (χ4n) is 1.98. The highest BCUT2D eigenvalue weighted by molar-refractivity contribution is 7.90. The number of hydrogen-bond donors (Lipinski definition) is 1. The van der Waals surface area contributed by atoms with E-state index in [0.29, 0.717) is 11.3 Å². The number of benzene rings is 1. The highest BCUT2D eigenvalue weighted by atomic mass is 32.2. The average Bonchev–Trinajstić information content (AvgIpc) is 2.79. The molecule has 0 aliphatic heterocycles. The number of sulfone groups is 1. The predicted octanol–water partition coefficient (Wildman–Crippen LogP) is 1.20. The van der Waals surface area contributed by atoms with E-state index in [1.54, 1.807) is 19.2 Å². The Bertz CT molecular complexity index is 808. The van der Waals surface area contributed by atoms with Gasteiger partial charge in [0.15, 0.2) is 15.5 Å². The van der Waals surface area contributed by atoms with Gasteiger partial charge in [-0.2, -0.15) is 5.10 Å². The lowest BCUT2D eigenvalue weighted by molar-refractivity contribution is 0.0689. The Hall–Kier alpha value is -2.35. The summed E-state index contributed by atoms with van der Waals surface area (Å²) in [7, 11) is -0.420.